The third kappa shape index (κ3) is 4.44. The Kier molecular flexibility index (Phi) is 6.66. The van der Waals surface area contributed by atoms with Gasteiger partial charge in [0.05, 0.1) is 5.16 Å². The van der Waals surface area contributed by atoms with Crippen molar-refractivity contribution in [2.45, 2.75) is 64.2 Å². The third-order valence-electron chi connectivity index (χ3n) is 4.73. The number of halogens is 2. The van der Waals surface area contributed by atoms with Crippen molar-refractivity contribution in [2.24, 2.45) is 10.9 Å². The summed E-state index contributed by atoms with van der Waals surface area (Å²) in [7, 11) is 0. The fourth-order valence-corrected chi connectivity index (χ4v) is 3.53. The summed E-state index contributed by atoms with van der Waals surface area (Å²) in [6, 6.07) is 2.83. The predicted molar refractivity (Wildman–Crippen MR) is 89.9 cm³/mol. The molecule has 0 unspecified atom stereocenters. The Balaban J connectivity index is 1.98. The van der Waals surface area contributed by atoms with E-state index in [2.05, 4.69) is 24.1 Å². The lowest BCUT2D eigenvalue weighted by Gasteiger charge is -2.29. The maximum Gasteiger partial charge on any atom is 0.152 e. The zero-order valence-corrected chi connectivity index (χ0v) is 13.9. The molecule has 22 heavy (non-hydrogen) atoms. The lowest BCUT2D eigenvalue weighted by Crippen LogP contribution is -2.13. The fourth-order valence-electron chi connectivity index (χ4n) is 3.44. The Morgan fingerprint density at radius 3 is 2.32 bits per heavy atom. The van der Waals surface area contributed by atoms with Crippen molar-refractivity contribution < 1.29 is 8.78 Å². The number of rotatable bonds is 6. The smallest absolute Gasteiger partial charge is 0.152 e. The van der Waals surface area contributed by atoms with Gasteiger partial charge in [-0.1, -0.05) is 32.6 Å². The maximum atomic E-state index is 13.9. The zero-order chi connectivity index (χ0) is 15.9. The fraction of sp³-hybridized carbons (Fsp3) is 0.611. The number of benzene rings is 1. The van der Waals surface area contributed by atoms with Gasteiger partial charge in [0.15, 0.2) is 11.6 Å². The highest BCUT2D eigenvalue weighted by molar-refractivity contribution is 7.78. The van der Waals surface area contributed by atoms with Crippen LogP contribution in [0, 0.1) is 17.6 Å². The SMILES string of the molecule is CCCCCC1CCC(c2cc(F)c(N=C=S)c(F)c2)CC1. The molecule has 0 saturated heterocycles. The minimum absolute atomic E-state index is 0.261. The minimum Gasteiger partial charge on any atom is -0.204 e. The van der Waals surface area contributed by atoms with Crippen molar-refractivity contribution in [3.05, 3.63) is 29.3 Å². The summed E-state index contributed by atoms with van der Waals surface area (Å²) in [4.78, 5) is 3.46. The first kappa shape index (κ1) is 17.2. The van der Waals surface area contributed by atoms with Crippen molar-refractivity contribution in [3.63, 3.8) is 0 Å². The maximum absolute atomic E-state index is 13.9. The highest BCUT2D eigenvalue weighted by Crippen LogP contribution is 2.39. The van der Waals surface area contributed by atoms with Gasteiger partial charge in [-0.15, -0.1) is 0 Å². The van der Waals surface area contributed by atoms with Gasteiger partial charge in [-0.05, 0) is 67.4 Å². The molecular weight excluding hydrogens is 300 g/mol. The minimum atomic E-state index is -0.641. The molecule has 2 rings (SSSR count). The second kappa shape index (κ2) is 8.50. The second-order valence-electron chi connectivity index (χ2n) is 6.25. The summed E-state index contributed by atoms with van der Waals surface area (Å²) in [5.74, 6) is -0.233. The summed E-state index contributed by atoms with van der Waals surface area (Å²) in [5, 5.41) is 2.02. The molecule has 4 heteroatoms. The molecule has 1 saturated carbocycles. The van der Waals surface area contributed by atoms with Gasteiger partial charge in [0.2, 0.25) is 0 Å². The summed E-state index contributed by atoms with van der Waals surface area (Å²) in [5.41, 5.74) is 0.428. The molecule has 0 aliphatic heterocycles. The van der Waals surface area contributed by atoms with Gasteiger partial charge in [-0.3, -0.25) is 0 Å². The Labute approximate surface area is 136 Å². The van der Waals surface area contributed by atoms with Crippen LogP contribution in [0.3, 0.4) is 0 Å². The number of hydrogen-bond acceptors (Lipinski definition) is 2. The van der Waals surface area contributed by atoms with Gasteiger partial charge < -0.3 is 0 Å². The van der Waals surface area contributed by atoms with E-state index in [0.29, 0.717) is 0 Å². The van der Waals surface area contributed by atoms with Crippen LogP contribution in [0.4, 0.5) is 14.5 Å². The second-order valence-corrected chi connectivity index (χ2v) is 6.43. The van der Waals surface area contributed by atoms with E-state index in [0.717, 1.165) is 37.2 Å². The summed E-state index contributed by atoms with van der Waals surface area (Å²) >= 11 is 4.42. The van der Waals surface area contributed by atoms with E-state index in [1.807, 2.05) is 5.16 Å². The molecule has 0 spiro atoms. The van der Waals surface area contributed by atoms with E-state index in [1.54, 1.807) is 0 Å². The van der Waals surface area contributed by atoms with Crippen LogP contribution in [-0.4, -0.2) is 5.16 Å². The molecule has 1 aromatic rings. The van der Waals surface area contributed by atoms with Crippen LogP contribution in [0.5, 0.6) is 0 Å². The Morgan fingerprint density at radius 2 is 1.77 bits per heavy atom. The molecule has 1 aliphatic carbocycles. The average molecular weight is 323 g/mol. The highest BCUT2D eigenvalue weighted by atomic mass is 32.1. The first-order valence-electron chi connectivity index (χ1n) is 8.22. The van der Waals surface area contributed by atoms with Gasteiger partial charge in [-0.25, -0.2) is 8.78 Å². The first-order chi connectivity index (χ1) is 10.7. The van der Waals surface area contributed by atoms with Crippen molar-refractivity contribution in [1.29, 1.82) is 0 Å². The average Bonchev–Trinajstić information content (AvgIpc) is 2.52. The van der Waals surface area contributed by atoms with Crippen LogP contribution >= 0.6 is 12.2 Å². The number of isothiocyanates is 1. The molecule has 0 atom stereocenters. The molecular formula is C18H23F2NS. The number of nitrogens with zero attached hydrogens (tertiary/aromatic N) is 1. The highest BCUT2D eigenvalue weighted by Gasteiger charge is 2.24. The predicted octanol–water partition coefficient (Wildman–Crippen LogP) is 6.55. The standard InChI is InChI=1S/C18H23F2NS/c1-2-3-4-5-13-6-8-14(9-7-13)15-10-16(19)18(21-12-22)17(20)11-15/h10-11,13-14H,2-9H2,1H3. The summed E-state index contributed by atoms with van der Waals surface area (Å²) in [6.45, 7) is 2.22. The lowest BCUT2D eigenvalue weighted by molar-refractivity contribution is 0.302. The summed E-state index contributed by atoms with van der Waals surface area (Å²) in [6.07, 6.45) is 9.53. The molecule has 1 aromatic carbocycles. The number of unbranched alkanes of at least 4 members (excludes halogenated alkanes) is 2. The van der Waals surface area contributed by atoms with Crippen LogP contribution in [0.2, 0.25) is 0 Å². The number of aliphatic imine (C=N–C) groups is 1. The van der Waals surface area contributed by atoms with Crippen molar-refractivity contribution in [3.8, 4) is 0 Å². The van der Waals surface area contributed by atoms with Gasteiger partial charge in [0, 0.05) is 0 Å². The Hall–Kier alpha value is -1.12. The molecule has 0 aromatic heterocycles. The molecule has 0 bridgehead atoms. The molecule has 1 aliphatic rings. The van der Waals surface area contributed by atoms with E-state index in [4.69, 9.17) is 0 Å². The van der Waals surface area contributed by atoms with Crippen molar-refractivity contribution in [1.82, 2.24) is 0 Å². The monoisotopic (exact) mass is 323 g/mol. The van der Waals surface area contributed by atoms with E-state index in [9.17, 15) is 8.78 Å². The zero-order valence-electron chi connectivity index (χ0n) is 13.1. The van der Waals surface area contributed by atoms with Crippen LogP contribution in [0.15, 0.2) is 17.1 Å². The van der Waals surface area contributed by atoms with E-state index in [1.165, 1.54) is 37.8 Å². The molecule has 0 amide bonds. The quantitative estimate of drug-likeness (QED) is 0.328. The third-order valence-corrected chi connectivity index (χ3v) is 4.82. The van der Waals surface area contributed by atoms with Crippen molar-refractivity contribution >= 4 is 23.1 Å². The molecule has 1 fully saturated rings. The Bertz CT molecular complexity index is 521. The molecule has 120 valence electrons. The van der Waals surface area contributed by atoms with Crippen molar-refractivity contribution in [2.75, 3.05) is 0 Å². The molecule has 0 N–H and O–H groups in total. The van der Waals surface area contributed by atoms with Crippen LogP contribution in [0.1, 0.15) is 69.8 Å². The van der Waals surface area contributed by atoms with E-state index in [-0.39, 0.29) is 11.6 Å². The van der Waals surface area contributed by atoms with Crippen LogP contribution in [0.25, 0.3) is 0 Å². The van der Waals surface area contributed by atoms with Gasteiger partial charge >= 0.3 is 0 Å². The van der Waals surface area contributed by atoms with Gasteiger partial charge in [-0.2, -0.15) is 4.99 Å². The number of thiocarbonyl (C=S) groups is 1. The topological polar surface area (TPSA) is 12.4 Å². The largest absolute Gasteiger partial charge is 0.204 e. The molecule has 1 nitrogen and oxygen atoms in total. The van der Waals surface area contributed by atoms with Gasteiger partial charge in [0.25, 0.3) is 0 Å². The van der Waals surface area contributed by atoms with Gasteiger partial charge in [0.1, 0.15) is 5.69 Å². The Morgan fingerprint density at radius 1 is 1.14 bits per heavy atom. The first-order valence-corrected chi connectivity index (χ1v) is 8.63. The normalized spacial score (nSPS) is 21.4. The van der Waals surface area contributed by atoms with E-state index < -0.39 is 11.6 Å². The van der Waals surface area contributed by atoms with Crippen LogP contribution in [-0.2, 0) is 0 Å². The van der Waals surface area contributed by atoms with E-state index >= 15 is 0 Å². The molecule has 0 heterocycles. The lowest BCUT2D eigenvalue weighted by atomic mass is 9.77. The summed E-state index contributed by atoms with van der Waals surface area (Å²) < 4.78 is 27.8. The van der Waals surface area contributed by atoms with Crippen LogP contribution < -0.4 is 0 Å². The molecule has 0 radical (unpaired) electrons. The number of hydrogen-bond donors (Lipinski definition) is 0.